The van der Waals surface area contributed by atoms with Gasteiger partial charge in [0.25, 0.3) is 0 Å². The van der Waals surface area contributed by atoms with Crippen LogP contribution in [0.4, 0.5) is 13.2 Å². The number of nitrogens with one attached hydrogen (secondary N) is 1. The van der Waals surface area contributed by atoms with Crippen LogP contribution in [0.15, 0.2) is 36.4 Å². The minimum absolute atomic E-state index is 0.433. The summed E-state index contributed by atoms with van der Waals surface area (Å²) in [6.45, 7) is 1.26. The van der Waals surface area contributed by atoms with Crippen molar-refractivity contribution in [2.75, 3.05) is 6.54 Å². The van der Waals surface area contributed by atoms with Crippen LogP contribution in [-0.4, -0.2) is 11.5 Å². The lowest BCUT2D eigenvalue weighted by Crippen LogP contribution is -2.26. The number of hydrogen-bond donors (Lipinski definition) is 1. The largest absolute Gasteiger partial charge is 0.433 e. The molecule has 0 unspecified atom stereocenters. The third-order valence-corrected chi connectivity index (χ3v) is 3.43. The average molecular weight is 278 g/mol. The van der Waals surface area contributed by atoms with E-state index in [2.05, 4.69) is 10.3 Å². The van der Waals surface area contributed by atoms with Crippen molar-refractivity contribution in [2.24, 2.45) is 0 Å². The topological polar surface area (TPSA) is 24.9 Å². The van der Waals surface area contributed by atoms with Crippen molar-refractivity contribution < 1.29 is 13.2 Å². The Morgan fingerprint density at radius 3 is 2.55 bits per heavy atom. The van der Waals surface area contributed by atoms with Crippen molar-refractivity contribution in [2.45, 2.75) is 19.1 Å². The van der Waals surface area contributed by atoms with Gasteiger partial charge in [0.15, 0.2) is 0 Å². The van der Waals surface area contributed by atoms with E-state index in [1.807, 2.05) is 6.07 Å². The Bertz CT molecular complexity index is 621. The van der Waals surface area contributed by atoms with Gasteiger partial charge in [-0.3, -0.25) is 0 Å². The van der Waals surface area contributed by atoms with E-state index in [9.17, 15) is 13.2 Å². The van der Waals surface area contributed by atoms with Crippen molar-refractivity contribution >= 4 is 0 Å². The Kier molecular flexibility index (Phi) is 3.22. The van der Waals surface area contributed by atoms with Gasteiger partial charge in [-0.05, 0) is 30.2 Å². The predicted molar refractivity (Wildman–Crippen MR) is 70.1 cm³/mol. The van der Waals surface area contributed by atoms with Gasteiger partial charge < -0.3 is 5.32 Å². The van der Waals surface area contributed by atoms with Crippen molar-refractivity contribution in [1.29, 1.82) is 0 Å². The molecule has 1 N–H and O–H groups in total. The smallest absolute Gasteiger partial charge is 0.312 e. The molecule has 0 bridgehead atoms. The molecule has 1 aromatic carbocycles. The first-order valence-electron chi connectivity index (χ1n) is 6.42. The maximum absolute atomic E-state index is 13.0. The zero-order valence-corrected chi connectivity index (χ0v) is 10.7. The molecule has 1 aromatic heterocycles. The van der Waals surface area contributed by atoms with Gasteiger partial charge >= 0.3 is 6.18 Å². The van der Waals surface area contributed by atoms with E-state index in [-0.39, 0.29) is 0 Å². The van der Waals surface area contributed by atoms with E-state index in [1.54, 1.807) is 24.3 Å². The lowest BCUT2D eigenvalue weighted by molar-refractivity contribution is -0.141. The molecule has 1 aliphatic heterocycles. The lowest BCUT2D eigenvalue weighted by Gasteiger charge is -2.22. The molecule has 5 heteroatoms. The van der Waals surface area contributed by atoms with Crippen LogP contribution in [-0.2, 0) is 19.1 Å². The zero-order chi connectivity index (χ0) is 14.2. The minimum Gasteiger partial charge on any atom is -0.312 e. The third-order valence-electron chi connectivity index (χ3n) is 3.43. The number of aromatic nitrogens is 1. The van der Waals surface area contributed by atoms with E-state index in [0.717, 1.165) is 16.7 Å². The molecule has 0 atom stereocenters. The zero-order valence-electron chi connectivity index (χ0n) is 10.7. The molecule has 2 heterocycles. The fraction of sp³-hybridized carbons (Fsp3) is 0.267. The lowest BCUT2D eigenvalue weighted by atomic mass is 9.95. The fourth-order valence-corrected chi connectivity index (χ4v) is 2.46. The maximum Gasteiger partial charge on any atom is 0.433 e. The Hall–Kier alpha value is -1.88. The predicted octanol–water partition coefficient (Wildman–Crippen LogP) is 3.41. The van der Waals surface area contributed by atoms with Gasteiger partial charge in [0.2, 0.25) is 0 Å². The quantitative estimate of drug-likeness (QED) is 0.864. The maximum atomic E-state index is 13.0. The van der Waals surface area contributed by atoms with Gasteiger partial charge in [0.05, 0.1) is 5.69 Å². The molecule has 0 spiro atoms. The second-order valence-electron chi connectivity index (χ2n) is 4.78. The molecule has 2 nitrogen and oxygen atoms in total. The summed E-state index contributed by atoms with van der Waals surface area (Å²) < 4.78 is 38.9. The normalized spacial score (nSPS) is 14.9. The Balaban J connectivity index is 2.21. The highest BCUT2D eigenvalue weighted by atomic mass is 19.4. The second kappa shape index (κ2) is 4.90. The Morgan fingerprint density at radius 2 is 1.85 bits per heavy atom. The SMILES string of the molecule is FC(F)(F)c1cc2c(c(-c3ccccc3)n1)CNCC2. The summed E-state index contributed by atoms with van der Waals surface area (Å²) in [6.07, 6.45) is -3.82. The van der Waals surface area contributed by atoms with E-state index < -0.39 is 11.9 Å². The van der Waals surface area contributed by atoms with Crippen molar-refractivity contribution in [3.63, 3.8) is 0 Å². The number of pyridine rings is 1. The second-order valence-corrected chi connectivity index (χ2v) is 4.78. The number of benzene rings is 1. The van der Waals surface area contributed by atoms with Crippen LogP contribution < -0.4 is 5.32 Å². The molecule has 1 aliphatic rings. The van der Waals surface area contributed by atoms with Gasteiger partial charge in [0, 0.05) is 12.1 Å². The highest BCUT2D eigenvalue weighted by Crippen LogP contribution is 2.34. The Labute approximate surface area is 114 Å². The van der Waals surface area contributed by atoms with Gasteiger partial charge in [-0.25, -0.2) is 4.98 Å². The van der Waals surface area contributed by atoms with E-state index in [4.69, 9.17) is 0 Å². The summed E-state index contributed by atoms with van der Waals surface area (Å²) in [7, 11) is 0. The van der Waals surface area contributed by atoms with Gasteiger partial charge in [-0.1, -0.05) is 30.3 Å². The van der Waals surface area contributed by atoms with E-state index in [0.29, 0.717) is 25.2 Å². The highest BCUT2D eigenvalue weighted by Gasteiger charge is 2.34. The van der Waals surface area contributed by atoms with Crippen LogP contribution in [0.3, 0.4) is 0 Å². The molecule has 20 heavy (non-hydrogen) atoms. The van der Waals surface area contributed by atoms with Gasteiger partial charge in [-0.15, -0.1) is 0 Å². The molecule has 3 rings (SSSR count). The van der Waals surface area contributed by atoms with Crippen molar-refractivity contribution in [3.05, 3.63) is 53.2 Å². The Morgan fingerprint density at radius 1 is 1.10 bits per heavy atom. The molecule has 0 saturated heterocycles. The first kappa shape index (κ1) is 13.1. The van der Waals surface area contributed by atoms with Crippen LogP contribution in [0.25, 0.3) is 11.3 Å². The summed E-state index contributed by atoms with van der Waals surface area (Å²) in [5.41, 5.74) is 1.96. The molecule has 2 aromatic rings. The van der Waals surface area contributed by atoms with Crippen molar-refractivity contribution in [3.8, 4) is 11.3 Å². The van der Waals surface area contributed by atoms with Gasteiger partial charge in [0.1, 0.15) is 5.69 Å². The van der Waals surface area contributed by atoms with Crippen LogP contribution in [0.5, 0.6) is 0 Å². The molecular weight excluding hydrogens is 265 g/mol. The molecular formula is C15H13F3N2. The monoisotopic (exact) mass is 278 g/mol. The van der Waals surface area contributed by atoms with E-state index in [1.165, 1.54) is 6.07 Å². The highest BCUT2D eigenvalue weighted by molar-refractivity contribution is 5.65. The van der Waals surface area contributed by atoms with Gasteiger partial charge in [-0.2, -0.15) is 13.2 Å². The molecule has 0 radical (unpaired) electrons. The first-order valence-corrected chi connectivity index (χ1v) is 6.42. The molecule has 0 amide bonds. The van der Waals surface area contributed by atoms with Crippen LogP contribution >= 0.6 is 0 Å². The summed E-state index contributed by atoms with van der Waals surface area (Å²) in [6, 6.07) is 10.2. The summed E-state index contributed by atoms with van der Waals surface area (Å²) in [4.78, 5) is 3.86. The molecule has 104 valence electrons. The number of halogens is 3. The van der Waals surface area contributed by atoms with E-state index >= 15 is 0 Å². The van der Waals surface area contributed by atoms with Crippen LogP contribution in [0.1, 0.15) is 16.8 Å². The number of alkyl halides is 3. The number of nitrogens with zero attached hydrogens (tertiary/aromatic N) is 1. The van der Waals surface area contributed by atoms with Crippen LogP contribution in [0.2, 0.25) is 0 Å². The first-order chi connectivity index (χ1) is 9.55. The van der Waals surface area contributed by atoms with Crippen molar-refractivity contribution in [1.82, 2.24) is 10.3 Å². The number of hydrogen-bond acceptors (Lipinski definition) is 2. The fourth-order valence-electron chi connectivity index (χ4n) is 2.46. The molecule has 0 fully saturated rings. The summed E-state index contributed by atoms with van der Waals surface area (Å²) in [5.74, 6) is 0. The number of rotatable bonds is 1. The number of fused-ring (bicyclic) bond motifs is 1. The summed E-state index contributed by atoms with van der Waals surface area (Å²) in [5, 5.41) is 3.19. The average Bonchev–Trinajstić information content (AvgIpc) is 2.46. The molecule has 0 aliphatic carbocycles. The van der Waals surface area contributed by atoms with Crippen LogP contribution in [0, 0.1) is 0 Å². The molecule has 0 saturated carbocycles. The summed E-state index contributed by atoms with van der Waals surface area (Å²) >= 11 is 0. The minimum atomic E-state index is -4.41. The third kappa shape index (κ3) is 2.41. The standard InChI is InChI=1S/C15H13F3N2/c16-15(17,18)13-8-11-6-7-19-9-12(11)14(20-13)10-4-2-1-3-5-10/h1-5,8,19H,6-7,9H2.